The molecule has 0 aromatic carbocycles. The summed E-state index contributed by atoms with van der Waals surface area (Å²) >= 11 is 0. The minimum Gasteiger partial charge on any atom is -0.309 e. The summed E-state index contributed by atoms with van der Waals surface area (Å²) in [6.45, 7) is 3.19. The summed E-state index contributed by atoms with van der Waals surface area (Å²) in [4.78, 5) is 8.33. The standard InChI is InChI=1S/C10H15N3/c1-8-6-11-7-13-10(8)9-4-2-3-5-12-9/h6-7,9,12H,2-5H2,1H3/t9-/m1/s1. The molecule has 1 atom stereocenters. The molecule has 70 valence electrons. The Bertz CT molecular complexity index is 279. The third-order valence-corrected chi connectivity index (χ3v) is 2.58. The van der Waals surface area contributed by atoms with E-state index in [2.05, 4.69) is 22.2 Å². The van der Waals surface area contributed by atoms with E-state index in [1.54, 1.807) is 6.33 Å². The largest absolute Gasteiger partial charge is 0.309 e. The molecule has 0 bridgehead atoms. The fourth-order valence-electron chi connectivity index (χ4n) is 1.86. The second-order valence-corrected chi connectivity index (χ2v) is 3.59. The number of rotatable bonds is 1. The van der Waals surface area contributed by atoms with Gasteiger partial charge in [-0.1, -0.05) is 6.42 Å². The van der Waals surface area contributed by atoms with Crippen molar-refractivity contribution in [2.75, 3.05) is 6.54 Å². The van der Waals surface area contributed by atoms with E-state index >= 15 is 0 Å². The van der Waals surface area contributed by atoms with Gasteiger partial charge in [-0.2, -0.15) is 0 Å². The van der Waals surface area contributed by atoms with Gasteiger partial charge in [-0.05, 0) is 31.9 Å². The van der Waals surface area contributed by atoms with Crippen LogP contribution >= 0.6 is 0 Å². The summed E-state index contributed by atoms with van der Waals surface area (Å²) in [6.07, 6.45) is 7.33. The van der Waals surface area contributed by atoms with Gasteiger partial charge in [0.1, 0.15) is 6.33 Å². The van der Waals surface area contributed by atoms with Gasteiger partial charge in [-0.15, -0.1) is 0 Å². The monoisotopic (exact) mass is 177 g/mol. The van der Waals surface area contributed by atoms with Crippen LogP contribution in [0.4, 0.5) is 0 Å². The lowest BCUT2D eigenvalue weighted by Gasteiger charge is -2.23. The van der Waals surface area contributed by atoms with Crippen molar-refractivity contribution in [2.45, 2.75) is 32.2 Å². The number of piperidine rings is 1. The lowest BCUT2D eigenvalue weighted by molar-refractivity contribution is 0.403. The Balaban J connectivity index is 2.18. The Kier molecular flexibility index (Phi) is 2.54. The van der Waals surface area contributed by atoms with E-state index in [1.165, 1.54) is 30.5 Å². The average Bonchev–Trinajstić information content (AvgIpc) is 2.20. The van der Waals surface area contributed by atoms with E-state index in [-0.39, 0.29) is 0 Å². The van der Waals surface area contributed by atoms with Crippen molar-refractivity contribution >= 4 is 0 Å². The lowest BCUT2D eigenvalue weighted by atomic mass is 10.00. The Morgan fingerprint density at radius 2 is 2.38 bits per heavy atom. The van der Waals surface area contributed by atoms with E-state index in [9.17, 15) is 0 Å². The van der Waals surface area contributed by atoms with Gasteiger partial charge in [0.15, 0.2) is 0 Å². The van der Waals surface area contributed by atoms with Crippen LogP contribution in [0.5, 0.6) is 0 Å². The Labute approximate surface area is 78.6 Å². The Morgan fingerprint density at radius 3 is 3.08 bits per heavy atom. The zero-order chi connectivity index (χ0) is 9.10. The molecule has 1 saturated heterocycles. The van der Waals surface area contributed by atoms with Gasteiger partial charge in [-0.25, -0.2) is 9.97 Å². The lowest BCUT2D eigenvalue weighted by Crippen LogP contribution is -2.28. The van der Waals surface area contributed by atoms with Crippen LogP contribution in [0.3, 0.4) is 0 Å². The molecule has 0 aliphatic carbocycles. The normalized spacial score (nSPS) is 23.0. The topological polar surface area (TPSA) is 37.8 Å². The molecule has 1 aliphatic heterocycles. The van der Waals surface area contributed by atoms with E-state index in [0.717, 1.165) is 6.54 Å². The van der Waals surface area contributed by atoms with Crippen LogP contribution in [-0.2, 0) is 0 Å². The van der Waals surface area contributed by atoms with E-state index in [0.29, 0.717) is 6.04 Å². The second-order valence-electron chi connectivity index (χ2n) is 3.59. The maximum Gasteiger partial charge on any atom is 0.115 e. The van der Waals surface area contributed by atoms with Crippen LogP contribution in [0.25, 0.3) is 0 Å². The molecular weight excluding hydrogens is 162 g/mol. The molecule has 1 N–H and O–H groups in total. The van der Waals surface area contributed by atoms with Crippen molar-refractivity contribution < 1.29 is 0 Å². The summed E-state index contributed by atoms with van der Waals surface area (Å²) in [5, 5.41) is 3.49. The molecule has 0 unspecified atom stereocenters. The summed E-state index contributed by atoms with van der Waals surface area (Å²) in [5.74, 6) is 0. The minimum atomic E-state index is 0.455. The highest BCUT2D eigenvalue weighted by molar-refractivity contribution is 5.17. The number of hydrogen-bond acceptors (Lipinski definition) is 3. The molecule has 0 radical (unpaired) electrons. The number of nitrogens with one attached hydrogen (secondary N) is 1. The van der Waals surface area contributed by atoms with Gasteiger partial charge in [-0.3, -0.25) is 0 Å². The Hall–Kier alpha value is -0.960. The molecule has 1 fully saturated rings. The molecule has 1 aromatic rings. The van der Waals surface area contributed by atoms with Crippen LogP contribution in [0.2, 0.25) is 0 Å². The smallest absolute Gasteiger partial charge is 0.115 e. The van der Waals surface area contributed by atoms with E-state index < -0.39 is 0 Å². The number of nitrogens with zero attached hydrogens (tertiary/aromatic N) is 2. The molecule has 1 aliphatic rings. The molecule has 0 saturated carbocycles. The highest BCUT2D eigenvalue weighted by atomic mass is 15.0. The van der Waals surface area contributed by atoms with Gasteiger partial charge < -0.3 is 5.32 Å². The molecule has 3 heteroatoms. The first-order chi connectivity index (χ1) is 6.38. The summed E-state index contributed by atoms with van der Waals surface area (Å²) in [6, 6.07) is 0.455. The molecule has 0 spiro atoms. The van der Waals surface area contributed by atoms with Gasteiger partial charge in [0.25, 0.3) is 0 Å². The number of aryl methyl sites for hydroxylation is 1. The zero-order valence-electron chi connectivity index (χ0n) is 7.95. The van der Waals surface area contributed by atoms with E-state index in [4.69, 9.17) is 0 Å². The highest BCUT2D eigenvalue weighted by Gasteiger charge is 2.17. The van der Waals surface area contributed by atoms with Crippen molar-refractivity contribution in [3.05, 3.63) is 23.8 Å². The predicted octanol–water partition coefficient (Wildman–Crippen LogP) is 1.60. The fraction of sp³-hybridized carbons (Fsp3) is 0.600. The summed E-state index contributed by atoms with van der Waals surface area (Å²) in [5.41, 5.74) is 2.37. The third kappa shape index (κ3) is 1.86. The average molecular weight is 177 g/mol. The Morgan fingerprint density at radius 1 is 1.46 bits per heavy atom. The van der Waals surface area contributed by atoms with Crippen LogP contribution in [0.15, 0.2) is 12.5 Å². The van der Waals surface area contributed by atoms with Crippen LogP contribution < -0.4 is 5.32 Å². The second kappa shape index (κ2) is 3.83. The zero-order valence-corrected chi connectivity index (χ0v) is 7.95. The van der Waals surface area contributed by atoms with Crippen LogP contribution in [0.1, 0.15) is 36.6 Å². The third-order valence-electron chi connectivity index (χ3n) is 2.58. The molecule has 2 rings (SSSR count). The first kappa shape index (κ1) is 8.63. The van der Waals surface area contributed by atoms with E-state index in [1.807, 2.05) is 6.20 Å². The van der Waals surface area contributed by atoms with Crippen molar-refractivity contribution in [3.8, 4) is 0 Å². The van der Waals surface area contributed by atoms with Crippen molar-refractivity contribution in [2.24, 2.45) is 0 Å². The SMILES string of the molecule is Cc1cncnc1[C@H]1CCCCN1. The van der Waals surface area contributed by atoms with Gasteiger partial charge >= 0.3 is 0 Å². The van der Waals surface area contributed by atoms with Gasteiger partial charge in [0, 0.05) is 12.2 Å². The van der Waals surface area contributed by atoms with Crippen molar-refractivity contribution in [3.63, 3.8) is 0 Å². The first-order valence-electron chi connectivity index (χ1n) is 4.88. The first-order valence-corrected chi connectivity index (χ1v) is 4.88. The summed E-state index contributed by atoms with van der Waals surface area (Å²) < 4.78 is 0. The minimum absolute atomic E-state index is 0.455. The molecular formula is C10H15N3. The number of hydrogen-bond donors (Lipinski definition) is 1. The fourth-order valence-corrected chi connectivity index (χ4v) is 1.86. The van der Waals surface area contributed by atoms with Crippen molar-refractivity contribution in [1.29, 1.82) is 0 Å². The van der Waals surface area contributed by atoms with Crippen LogP contribution in [-0.4, -0.2) is 16.5 Å². The summed E-state index contributed by atoms with van der Waals surface area (Å²) in [7, 11) is 0. The maximum atomic E-state index is 4.33. The maximum absolute atomic E-state index is 4.33. The molecule has 2 heterocycles. The van der Waals surface area contributed by atoms with Crippen molar-refractivity contribution in [1.82, 2.24) is 15.3 Å². The number of aromatic nitrogens is 2. The van der Waals surface area contributed by atoms with Gasteiger partial charge in [0.2, 0.25) is 0 Å². The quantitative estimate of drug-likeness (QED) is 0.708. The molecule has 1 aromatic heterocycles. The predicted molar refractivity (Wildman–Crippen MR) is 51.4 cm³/mol. The highest BCUT2D eigenvalue weighted by Crippen LogP contribution is 2.22. The molecule has 0 amide bonds. The van der Waals surface area contributed by atoms with Gasteiger partial charge in [0.05, 0.1) is 5.69 Å². The van der Waals surface area contributed by atoms with Crippen LogP contribution in [0, 0.1) is 6.92 Å². The molecule has 13 heavy (non-hydrogen) atoms. The molecule has 3 nitrogen and oxygen atoms in total.